The van der Waals surface area contributed by atoms with Gasteiger partial charge in [-0.05, 0) is 33.6 Å². The Balaban J connectivity index is 2.05. The summed E-state index contributed by atoms with van der Waals surface area (Å²) in [6.45, 7) is 0.411. The van der Waals surface area contributed by atoms with Gasteiger partial charge in [0.05, 0.1) is 14.3 Å². The fraction of sp³-hybridized carbons (Fsp3) is 0.0909. The van der Waals surface area contributed by atoms with Gasteiger partial charge in [-0.15, -0.1) is 0 Å². The van der Waals surface area contributed by atoms with Gasteiger partial charge in [0.25, 0.3) is 5.69 Å². The van der Waals surface area contributed by atoms with Crippen LogP contribution in [0.2, 0.25) is 0 Å². The fourth-order valence-electron chi connectivity index (χ4n) is 1.52. The molecule has 9 heteroatoms. The summed E-state index contributed by atoms with van der Waals surface area (Å²) in [6.07, 6.45) is 0. The van der Waals surface area contributed by atoms with Crippen molar-refractivity contribution in [2.45, 2.75) is 6.54 Å². The summed E-state index contributed by atoms with van der Waals surface area (Å²) in [5.41, 5.74) is 1.47. The van der Waals surface area contributed by atoms with Crippen LogP contribution in [0.4, 0.5) is 16.4 Å². The lowest BCUT2D eigenvalue weighted by atomic mass is 10.2. The number of hydrogen-bond donors (Lipinski definition) is 1. The second-order valence-corrected chi connectivity index (χ2v) is 5.57. The highest BCUT2D eigenvalue weighted by molar-refractivity contribution is 9.10. The van der Waals surface area contributed by atoms with E-state index in [0.29, 0.717) is 16.7 Å². The van der Waals surface area contributed by atoms with Crippen LogP contribution in [0.3, 0.4) is 0 Å². The Labute approximate surface area is 125 Å². The summed E-state index contributed by atoms with van der Waals surface area (Å²) >= 11 is 4.19. The molecule has 1 N–H and O–H groups in total. The van der Waals surface area contributed by atoms with Crippen LogP contribution < -0.4 is 5.32 Å². The van der Waals surface area contributed by atoms with Crippen LogP contribution in [-0.4, -0.2) is 9.85 Å². The lowest BCUT2D eigenvalue weighted by Crippen LogP contribution is -1.99. The maximum Gasteiger partial charge on any atom is 0.324 e. The molecule has 0 aliphatic carbocycles. The number of benzene rings is 1. The molecule has 7 nitrogen and oxygen atoms in total. The molecule has 0 fully saturated rings. The third-order valence-corrected chi connectivity index (χ3v) is 4.03. The van der Waals surface area contributed by atoms with Crippen LogP contribution in [0.5, 0.6) is 0 Å². The van der Waals surface area contributed by atoms with E-state index < -0.39 is 9.85 Å². The molecule has 1 aromatic heterocycles. The molecule has 1 heterocycles. The van der Waals surface area contributed by atoms with E-state index in [1.807, 2.05) is 0 Å². The Morgan fingerprint density at radius 3 is 2.50 bits per heavy atom. The van der Waals surface area contributed by atoms with Gasteiger partial charge in [0.2, 0.25) is 0 Å². The van der Waals surface area contributed by atoms with E-state index in [0.717, 1.165) is 16.9 Å². The number of anilines is 1. The third kappa shape index (κ3) is 3.31. The molecule has 1 aromatic carbocycles. The van der Waals surface area contributed by atoms with Crippen molar-refractivity contribution in [3.05, 3.63) is 59.9 Å². The van der Waals surface area contributed by atoms with E-state index in [1.165, 1.54) is 12.1 Å². The zero-order chi connectivity index (χ0) is 14.7. The molecular formula is C11H8BrN3O4S. The van der Waals surface area contributed by atoms with Gasteiger partial charge >= 0.3 is 5.00 Å². The predicted molar refractivity (Wildman–Crippen MR) is 79.1 cm³/mol. The van der Waals surface area contributed by atoms with Gasteiger partial charge in [-0.25, -0.2) is 0 Å². The number of halogens is 1. The first-order valence-corrected chi connectivity index (χ1v) is 7.04. The molecule has 0 saturated heterocycles. The summed E-state index contributed by atoms with van der Waals surface area (Å²) < 4.78 is 0.379. The molecule has 0 aliphatic heterocycles. The number of rotatable bonds is 5. The van der Waals surface area contributed by atoms with Crippen LogP contribution in [-0.2, 0) is 6.54 Å². The van der Waals surface area contributed by atoms with E-state index in [-0.39, 0.29) is 10.7 Å². The normalized spacial score (nSPS) is 10.2. The quantitative estimate of drug-likeness (QED) is 0.645. The van der Waals surface area contributed by atoms with Crippen molar-refractivity contribution in [3.8, 4) is 0 Å². The highest BCUT2D eigenvalue weighted by Gasteiger charge is 2.12. The first-order chi connectivity index (χ1) is 9.47. The molecular weight excluding hydrogens is 350 g/mol. The third-order valence-electron chi connectivity index (χ3n) is 2.46. The molecule has 104 valence electrons. The highest BCUT2D eigenvalue weighted by atomic mass is 79.9. The number of thiophene rings is 1. The van der Waals surface area contributed by atoms with Crippen molar-refractivity contribution in [3.63, 3.8) is 0 Å². The molecule has 0 amide bonds. The second kappa shape index (κ2) is 5.97. The Kier molecular flexibility index (Phi) is 4.30. The predicted octanol–water partition coefficient (Wildman–Crippen LogP) is 3.94. The summed E-state index contributed by atoms with van der Waals surface area (Å²) in [5, 5.41) is 26.1. The van der Waals surface area contributed by atoms with Crippen LogP contribution >= 0.6 is 27.3 Å². The Hall–Kier alpha value is -2.00. The number of hydrogen-bond acceptors (Lipinski definition) is 6. The van der Waals surface area contributed by atoms with E-state index >= 15 is 0 Å². The standard InChI is InChI=1S/C11H8BrN3O4S/c12-9-4-8(1-2-10(9)14(16)17)13-5-7-3-11(15(18)19)20-6-7/h1-4,6,13H,5H2. The molecule has 0 radical (unpaired) electrons. The summed E-state index contributed by atoms with van der Waals surface area (Å²) in [7, 11) is 0. The molecule has 0 unspecified atom stereocenters. The minimum atomic E-state index is -0.476. The smallest absolute Gasteiger partial charge is 0.324 e. The second-order valence-electron chi connectivity index (χ2n) is 3.83. The molecule has 0 saturated carbocycles. The maximum absolute atomic E-state index is 10.7. The van der Waals surface area contributed by atoms with Gasteiger partial charge in [-0.1, -0.05) is 11.3 Å². The minimum Gasteiger partial charge on any atom is -0.381 e. The molecule has 2 rings (SSSR count). The van der Waals surface area contributed by atoms with Gasteiger partial charge in [0.1, 0.15) is 0 Å². The van der Waals surface area contributed by atoms with Gasteiger partial charge in [0, 0.05) is 29.7 Å². The molecule has 0 spiro atoms. The highest BCUT2D eigenvalue weighted by Crippen LogP contribution is 2.28. The van der Waals surface area contributed by atoms with Crippen LogP contribution in [0.15, 0.2) is 34.1 Å². The Morgan fingerprint density at radius 2 is 1.95 bits per heavy atom. The zero-order valence-corrected chi connectivity index (χ0v) is 12.3. The molecule has 20 heavy (non-hydrogen) atoms. The number of nitro benzene ring substituents is 1. The molecule has 0 aliphatic rings. The van der Waals surface area contributed by atoms with Gasteiger partial charge in [-0.3, -0.25) is 20.2 Å². The van der Waals surface area contributed by atoms with E-state index in [2.05, 4.69) is 21.2 Å². The van der Waals surface area contributed by atoms with Gasteiger partial charge < -0.3 is 5.32 Å². The number of nitrogens with zero attached hydrogens (tertiary/aromatic N) is 2. The van der Waals surface area contributed by atoms with E-state index in [9.17, 15) is 20.2 Å². The van der Waals surface area contributed by atoms with Crippen molar-refractivity contribution in [1.82, 2.24) is 0 Å². The summed E-state index contributed by atoms with van der Waals surface area (Å²) in [4.78, 5) is 20.3. The van der Waals surface area contributed by atoms with Crippen molar-refractivity contribution < 1.29 is 9.85 Å². The lowest BCUT2D eigenvalue weighted by molar-refractivity contribution is -0.385. The average Bonchev–Trinajstić information content (AvgIpc) is 2.85. The topological polar surface area (TPSA) is 98.3 Å². The summed E-state index contributed by atoms with van der Waals surface area (Å²) in [6, 6.07) is 6.07. The molecule has 0 atom stereocenters. The monoisotopic (exact) mass is 357 g/mol. The Morgan fingerprint density at radius 1 is 1.20 bits per heavy atom. The zero-order valence-electron chi connectivity index (χ0n) is 9.91. The first-order valence-electron chi connectivity index (χ1n) is 5.37. The number of nitrogens with one attached hydrogen (secondary N) is 1. The fourth-order valence-corrected chi connectivity index (χ4v) is 2.77. The maximum atomic E-state index is 10.7. The molecule has 2 aromatic rings. The summed E-state index contributed by atoms with van der Waals surface area (Å²) in [5.74, 6) is 0. The van der Waals surface area contributed by atoms with Gasteiger partial charge in [0.15, 0.2) is 0 Å². The minimum absolute atomic E-state index is 0.0123. The van der Waals surface area contributed by atoms with Crippen LogP contribution in [0, 0.1) is 20.2 Å². The average molecular weight is 358 g/mol. The van der Waals surface area contributed by atoms with E-state index in [4.69, 9.17) is 0 Å². The van der Waals surface area contributed by atoms with Crippen LogP contribution in [0.1, 0.15) is 5.56 Å². The first kappa shape index (κ1) is 14.4. The SMILES string of the molecule is O=[N+]([O-])c1cc(CNc2ccc([N+](=O)[O-])c(Br)c2)cs1. The molecule has 0 bridgehead atoms. The van der Waals surface area contributed by atoms with Crippen molar-refractivity contribution in [2.75, 3.05) is 5.32 Å². The van der Waals surface area contributed by atoms with Crippen molar-refractivity contribution in [1.29, 1.82) is 0 Å². The lowest BCUT2D eigenvalue weighted by Gasteiger charge is -2.05. The Bertz CT molecular complexity index is 673. The number of nitro groups is 2. The van der Waals surface area contributed by atoms with Crippen molar-refractivity contribution >= 4 is 43.6 Å². The van der Waals surface area contributed by atoms with Gasteiger partial charge in [-0.2, -0.15) is 0 Å². The van der Waals surface area contributed by atoms with E-state index in [1.54, 1.807) is 17.5 Å². The largest absolute Gasteiger partial charge is 0.381 e. The van der Waals surface area contributed by atoms with Crippen molar-refractivity contribution in [2.24, 2.45) is 0 Å². The van der Waals surface area contributed by atoms with Crippen LogP contribution in [0.25, 0.3) is 0 Å².